The van der Waals surface area contributed by atoms with Crippen LogP contribution in [0.2, 0.25) is 0 Å². The quantitative estimate of drug-likeness (QED) is 0.494. The molecule has 88 valence electrons. The Labute approximate surface area is 113 Å². The number of halogens is 2. The Kier molecular flexibility index (Phi) is 5.93. The van der Waals surface area contributed by atoms with Gasteiger partial charge >= 0.3 is 0 Å². The SMILES string of the molecule is COCCNC(=S)Nc1ccc(F)cc1I. The van der Waals surface area contributed by atoms with Crippen LogP contribution in [0.25, 0.3) is 0 Å². The lowest BCUT2D eigenvalue weighted by Crippen LogP contribution is -2.31. The average molecular weight is 354 g/mol. The summed E-state index contributed by atoms with van der Waals surface area (Å²) in [6.45, 7) is 1.22. The molecule has 0 heterocycles. The minimum Gasteiger partial charge on any atom is -0.383 e. The van der Waals surface area contributed by atoms with Gasteiger partial charge in [0.25, 0.3) is 0 Å². The highest BCUT2D eigenvalue weighted by atomic mass is 127. The zero-order chi connectivity index (χ0) is 12.0. The van der Waals surface area contributed by atoms with Crippen LogP contribution < -0.4 is 10.6 Å². The van der Waals surface area contributed by atoms with Gasteiger partial charge in [0.05, 0.1) is 12.3 Å². The van der Waals surface area contributed by atoms with Gasteiger partial charge in [-0.1, -0.05) is 0 Å². The van der Waals surface area contributed by atoms with Crippen molar-refractivity contribution in [3.05, 3.63) is 27.6 Å². The first-order valence-electron chi connectivity index (χ1n) is 4.62. The van der Waals surface area contributed by atoms with Gasteiger partial charge in [-0.05, 0) is 53.0 Å². The van der Waals surface area contributed by atoms with Gasteiger partial charge in [-0.15, -0.1) is 0 Å². The molecule has 1 rings (SSSR count). The molecule has 1 aromatic carbocycles. The van der Waals surface area contributed by atoms with E-state index in [4.69, 9.17) is 17.0 Å². The Morgan fingerprint density at radius 1 is 1.56 bits per heavy atom. The first kappa shape index (κ1) is 13.6. The molecule has 0 saturated carbocycles. The smallest absolute Gasteiger partial charge is 0.170 e. The third-order valence-corrected chi connectivity index (χ3v) is 2.91. The second kappa shape index (κ2) is 6.97. The van der Waals surface area contributed by atoms with Gasteiger partial charge in [-0.2, -0.15) is 0 Å². The second-order valence-corrected chi connectivity index (χ2v) is 4.57. The molecule has 1 aromatic rings. The van der Waals surface area contributed by atoms with Crippen molar-refractivity contribution in [3.63, 3.8) is 0 Å². The minimum atomic E-state index is -0.256. The summed E-state index contributed by atoms with van der Waals surface area (Å²) >= 11 is 7.12. The number of ether oxygens (including phenoxy) is 1. The summed E-state index contributed by atoms with van der Waals surface area (Å²) in [6.07, 6.45) is 0. The Morgan fingerprint density at radius 2 is 2.31 bits per heavy atom. The molecule has 0 fully saturated rings. The predicted molar refractivity (Wildman–Crippen MR) is 75.2 cm³/mol. The zero-order valence-corrected chi connectivity index (χ0v) is 11.7. The van der Waals surface area contributed by atoms with Crippen molar-refractivity contribution in [1.29, 1.82) is 0 Å². The van der Waals surface area contributed by atoms with Crippen molar-refractivity contribution < 1.29 is 9.13 Å². The Bertz CT molecular complexity index is 376. The van der Waals surface area contributed by atoms with E-state index in [0.717, 1.165) is 9.26 Å². The van der Waals surface area contributed by atoms with Crippen molar-refractivity contribution in [2.45, 2.75) is 0 Å². The fraction of sp³-hybridized carbons (Fsp3) is 0.300. The number of methoxy groups -OCH3 is 1. The van der Waals surface area contributed by atoms with Crippen molar-refractivity contribution in [2.75, 3.05) is 25.6 Å². The molecule has 0 amide bonds. The third kappa shape index (κ3) is 4.58. The van der Waals surface area contributed by atoms with Gasteiger partial charge in [0, 0.05) is 17.2 Å². The van der Waals surface area contributed by atoms with Crippen LogP contribution in [0, 0.1) is 9.39 Å². The van der Waals surface area contributed by atoms with Crippen LogP contribution in [0.4, 0.5) is 10.1 Å². The normalized spacial score (nSPS) is 9.94. The molecule has 16 heavy (non-hydrogen) atoms. The maximum absolute atomic E-state index is 12.8. The monoisotopic (exact) mass is 354 g/mol. The predicted octanol–water partition coefficient (Wildman–Crippen LogP) is 2.36. The highest BCUT2D eigenvalue weighted by molar-refractivity contribution is 14.1. The molecule has 0 aliphatic heterocycles. The summed E-state index contributed by atoms with van der Waals surface area (Å²) in [5.41, 5.74) is 0.789. The van der Waals surface area contributed by atoms with Gasteiger partial charge < -0.3 is 15.4 Å². The van der Waals surface area contributed by atoms with E-state index in [9.17, 15) is 4.39 Å². The first-order chi connectivity index (χ1) is 7.63. The van der Waals surface area contributed by atoms with E-state index in [0.29, 0.717) is 18.3 Å². The number of hydrogen-bond donors (Lipinski definition) is 2. The van der Waals surface area contributed by atoms with Crippen LogP contribution in [-0.2, 0) is 4.74 Å². The fourth-order valence-corrected chi connectivity index (χ4v) is 1.85. The van der Waals surface area contributed by atoms with E-state index in [1.807, 2.05) is 22.6 Å². The number of rotatable bonds is 4. The molecule has 0 atom stereocenters. The van der Waals surface area contributed by atoms with Gasteiger partial charge in [-0.25, -0.2) is 4.39 Å². The van der Waals surface area contributed by atoms with E-state index in [1.54, 1.807) is 13.2 Å². The molecule has 0 saturated heterocycles. The largest absolute Gasteiger partial charge is 0.383 e. The van der Waals surface area contributed by atoms with Crippen LogP contribution in [0.15, 0.2) is 18.2 Å². The maximum atomic E-state index is 12.8. The lowest BCUT2D eigenvalue weighted by atomic mass is 10.3. The summed E-state index contributed by atoms with van der Waals surface area (Å²) in [7, 11) is 1.63. The van der Waals surface area contributed by atoms with Crippen LogP contribution in [-0.4, -0.2) is 25.4 Å². The molecule has 6 heteroatoms. The molecule has 0 aromatic heterocycles. The maximum Gasteiger partial charge on any atom is 0.170 e. The number of hydrogen-bond acceptors (Lipinski definition) is 2. The number of anilines is 1. The summed E-state index contributed by atoms with van der Waals surface area (Å²) in [5.74, 6) is -0.256. The third-order valence-electron chi connectivity index (χ3n) is 1.77. The summed E-state index contributed by atoms with van der Waals surface area (Å²) < 4.78 is 18.5. The summed E-state index contributed by atoms with van der Waals surface area (Å²) in [4.78, 5) is 0. The van der Waals surface area contributed by atoms with E-state index >= 15 is 0 Å². The van der Waals surface area contributed by atoms with E-state index < -0.39 is 0 Å². The highest BCUT2D eigenvalue weighted by Gasteiger charge is 2.02. The first-order valence-corrected chi connectivity index (χ1v) is 6.11. The molecule has 2 N–H and O–H groups in total. The van der Waals surface area contributed by atoms with Crippen molar-refractivity contribution in [2.24, 2.45) is 0 Å². The van der Waals surface area contributed by atoms with Crippen LogP contribution in [0.1, 0.15) is 0 Å². The van der Waals surface area contributed by atoms with E-state index in [1.165, 1.54) is 12.1 Å². The number of nitrogens with one attached hydrogen (secondary N) is 2. The van der Waals surface area contributed by atoms with Crippen LogP contribution >= 0.6 is 34.8 Å². The van der Waals surface area contributed by atoms with E-state index in [-0.39, 0.29) is 5.82 Å². The van der Waals surface area contributed by atoms with Gasteiger partial charge in [0.2, 0.25) is 0 Å². The van der Waals surface area contributed by atoms with Gasteiger partial charge in [0.1, 0.15) is 5.82 Å². The van der Waals surface area contributed by atoms with Gasteiger partial charge in [-0.3, -0.25) is 0 Å². The van der Waals surface area contributed by atoms with E-state index in [2.05, 4.69) is 10.6 Å². The Morgan fingerprint density at radius 3 is 2.94 bits per heavy atom. The number of thiocarbonyl (C=S) groups is 1. The number of benzene rings is 1. The minimum absolute atomic E-state index is 0.256. The zero-order valence-electron chi connectivity index (χ0n) is 8.72. The summed E-state index contributed by atoms with van der Waals surface area (Å²) in [5, 5.41) is 6.46. The second-order valence-electron chi connectivity index (χ2n) is 3.00. The molecule has 0 radical (unpaired) electrons. The van der Waals surface area contributed by atoms with Gasteiger partial charge in [0.15, 0.2) is 5.11 Å². The Hall–Kier alpha value is -0.470. The van der Waals surface area contributed by atoms with Crippen molar-refractivity contribution in [3.8, 4) is 0 Å². The topological polar surface area (TPSA) is 33.3 Å². The summed E-state index contributed by atoms with van der Waals surface area (Å²) in [6, 6.07) is 4.49. The molecule has 0 spiro atoms. The molecule has 0 aliphatic rings. The van der Waals surface area contributed by atoms with Crippen molar-refractivity contribution >= 4 is 45.6 Å². The lowest BCUT2D eigenvalue weighted by molar-refractivity contribution is 0.204. The molecule has 0 unspecified atom stereocenters. The van der Waals surface area contributed by atoms with Crippen LogP contribution in [0.3, 0.4) is 0 Å². The Balaban J connectivity index is 2.49. The van der Waals surface area contributed by atoms with Crippen molar-refractivity contribution in [1.82, 2.24) is 5.32 Å². The molecule has 0 aliphatic carbocycles. The standard InChI is InChI=1S/C10H12FIN2OS/c1-15-5-4-13-10(16)14-9-3-2-7(11)6-8(9)12/h2-3,6H,4-5H2,1H3,(H2,13,14,16). The molecular formula is C10H12FIN2OS. The average Bonchev–Trinajstić information content (AvgIpc) is 2.23. The lowest BCUT2D eigenvalue weighted by Gasteiger charge is -2.11. The molecule has 0 bridgehead atoms. The fourth-order valence-electron chi connectivity index (χ4n) is 1.02. The highest BCUT2D eigenvalue weighted by Crippen LogP contribution is 2.18. The molecule has 3 nitrogen and oxygen atoms in total. The molecular weight excluding hydrogens is 342 g/mol. The van der Waals surface area contributed by atoms with Crippen LogP contribution in [0.5, 0.6) is 0 Å².